The molecule has 1 aliphatic heterocycles. The minimum atomic E-state index is -0.437. The first kappa shape index (κ1) is 12.5. The maximum Gasteiger partial charge on any atom is 0.274 e. The van der Waals surface area contributed by atoms with Crippen LogP contribution in [0.5, 0.6) is 0 Å². The molecule has 1 heterocycles. The number of hydrogen-bond acceptors (Lipinski definition) is 4. The summed E-state index contributed by atoms with van der Waals surface area (Å²) in [6, 6.07) is 6.43. The average Bonchev–Trinajstić information content (AvgIpc) is 2.33. The molecule has 0 radical (unpaired) electrons. The van der Waals surface area contributed by atoms with Crippen LogP contribution >= 0.6 is 0 Å². The molecule has 1 unspecified atom stereocenters. The van der Waals surface area contributed by atoms with Gasteiger partial charge in [0.2, 0.25) is 5.91 Å². The molecule has 1 aromatic carbocycles. The lowest BCUT2D eigenvalue weighted by Crippen LogP contribution is -2.41. The smallest absolute Gasteiger partial charge is 0.274 e. The molecule has 1 fully saturated rings. The van der Waals surface area contributed by atoms with Gasteiger partial charge in [0, 0.05) is 11.6 Å². The van der Waals surface area contributed by atoms with Crippen molar-refractivity contribution >= 4 is 11.6 Å². The quantitative estimate of drug-likeness (QED) is 0.604. The van der Waals surface area contributed by atoms with Crippen molar-refractivity contribution in [1.82, 2.24) is 4.90 Å². The van der Waals surface area contributed by atoms with E-state index in [1.165, 1.54) is 11.0 Å². The summed E-state index contributed by atoms with van der Waals surface area (Å²) in [6.07, 6.45) is 0.236. The van der Waals surface area contributed by atoms with E-state index in [4.69, 9.17) is 4.74 Å². The Labute approximate surface area is 104 Å². The Kier molecular flexibility index (Phi) is 3.57. The van der Waals surface area contributed by atoms with Crippen molar-refractivity contribution in [2.24, 2.45) is 0 Å². The van der Waals surface area contributed by atoms with Crippen LogP contribution in [0, 0.1) is 10.1 Å². The summed E-state index contributed by atoms with van der Waals surface area (Å²) >= 11 is 0. The highest BCUT2D eigenvalue weighted by atomic mass is 16.6. The molecule has 1 amide bonds. The van der Waals surface area contributed by atoms with Gasteiger partial charge in [0.15, 0.2) is 0 Å². The molecule has 1 atom stereocenters. The lowest BCUT2D eigenvalue weighted by molar-refractivity contribution is -0.385. The zero-order chi connectivity index (χ0) is 13.1. The van der Waals surface area contributed by atoms with Gasteiger partial charge in [-0.1, -0.05) is 18.2 Å². The molecule has 0 N–H and O–H groups in total. The third-order valence-corrected chi connectivity index (χ3v) is 2.88. The summed E-state index contributed by atoms with van der Waals surface area (Å²) in [5.74, 6) is -0.0353. The van der Waals surface area contributed by atoms with E-state index in [-0.39, 0.29) is 31.0 Å². The van der Waals surface area contributed by atoms with Gasteiger partial charge >= 0.3 is 0 Å². The van der Waals surface area contributed by atoms with Crippen LogP contribution in [0.2, 0.25) is 0 Å². The van der Waals surface area contributed by atoms with Crippen molar-refractivity contribution in [3.8, 4) is 0 Å². The van der Waals surface area contributed by atoms with Gasteiger partial charge in [-0.2, -0.15) is 0 Å². The second-order valence-corrected chi connectivity index (χ2v) is 4.29. The number of nitro benzene ring substituents is 1. The van der Waals surface area contributed by atoms with Crippen LogP contribution in [0.4, 0.5) is 5.69 Å². The zero-order valence-electron chi connectivity index (χ0n) is 10.0. The molecule has 0 bridgehead atoms. The van der Waals surface area contributed by atoms with Crippen LogP contribution in [0.15, 0.2) is 24.3 Å². The first-order valence-corrected chi connectivity index (χ1v) is 5.69. The standard InChI is InChI=1S/C12H14N2O4/c1-9-6-12(15)13(8-18-9)7-10-4-2-3-5-11(10)14(16)17/h2-5,9H,6-8H2,1H3. The minimum absolute atomic E-state index is 0.0314. The van der Waals surface area contributed by atoms with Crippen molar-refractivity contribution in [2.45, 2.75) is 26.0 Å². The number of benzene rings is 1. The fraction of sp³-hybridized carbons (Fsp3) is 0.417. The Hall–Kier alpha value is -1.95. The predicted octanol–water partition coefficient (Wildman–Crippen LogP) is 1.69. The van der Waals surface area contributed by atoms with Crippen LogP contribution in [0.3, 0.4) is 0 Å². The number of hydrogen-bond donors (Lipinski definition) is 0. The Bertz CT molecular complexity index is 475. The Morgan fingerprint density at radius 3 is 2.89 bits per heavy atom. The first-order chi connectivity index (χ1) is 8.58. The van der Waals surface area contributed by atoms with Gasteiger partial charge in [-0.25, -0.2) is 0 Å². The highest BCUT2D eigenvalue weighted by molar-refractivity contribution is 5.77. The monoisotopic (exact) mass is 250 g/mol. The number of carbonyl (C=O) groups excluding carboxylic acids is 1. The SMILES string of the molecule is CC1CC(=O)N(Cc2ccccc2[N+](=O)[O-])CO1. The van der Waals surface area contributed by atoms with Crippen molar-refractivity contribution in [3.05, 3.63) is 39.9 Å². The Morgan fingerprint density at radius 1 is 1.50 bits per heavy atom. The van der Waals surface area contributed by atoms with Gasteiger partial charge in [-0.05, 0) is 6.92 Å². The molecule has 6 heteroatoms. The van der Waals surface area contributed by atoms with Gasteiger partial charge in [0.25, 0.3) is 5.69 Å². The highest BCUT2D eigenvalue weighted by Gasteiger charge is 2.25. The maximum atomic E-state index is 11.8. The third-order valence-electron chi connectivity index (χ3n) is 2.88. The van der Waals surface area contributed by atoms with Gasteiger partial charge < -0.3 is 9.64 Å². The van der Waals surface area contributed by atoms with Crippen molar-refractivity contribution in [3.63, 3.8) is 0 Å². The normalized spacial score (nSPS) is 19.9. The molecule has 0 aliphatic carbocycles. The summed E-state index contributed by atoms with van der Waals surface area (Å²) in [6.45, 7) is 2.23. The Morgan fingerprint density at radius 2 is 2.22 bits per heavy atom. The van der Waals surface area contributed by atoms with Crippen LogP contribution in [0.25, 0.3) is 0 Å². The van der Waals surface area contributed by atoms with Crippen molar-refractivity contribution in [2.75, 3.05) is 6.73 Å². The topological polar surface area (TPSA) is 72.7 Å². The number of carbonyl (C=O) groups is 1. The summed E-state index contributed by atoms with van der Waals surface area (Å²) in [4.78, 5) is 23.7. The largest absolute Gasteiger partial charge is 0.358 e. The van der Waals surface area contributed by atoms with Crippen molar-refractivity contribution < 1.29 is 14.5 Å². The van der Waals surface area contributed by atoms with Crippen LogP contribution < -0.4 is 0 Å². The molecule has 1 saturated heterocycles. The van der Waals surface area contributed by atoms with E-state index in [1.54, 1.807) is 18.2 Å². The van der Waals surface area contributed by atoms with Crippen LogP contribution in [0.1, 0.15) is 18.9 Å². The molecule has 96 valence electrons. The summed E-state index contributed by atoms with van der Waals surface area (Å²) < 4.78 is 5.37. The number of nitro groups is 1. The van der Waals surface area contributed by atoms with Gasteiger partial charge in [-0.3, -0.25) is 14.9 Å². The minimum Gasteiger partial charge on any atom is -0.358 e. The van der Waals surface area contributed by atoms with E-state index in [1.807, 2.05) is 6.92 Å². The lowest BCUT2D eigenvalue weighted by Gasteiger charge is -2.30. The predicted molar refractivity (Wildman–Crippen MR) is 63.7 cm³/mol. The number of rotatable bonds is 3. The summed E-state index contributed by atoms with van der Waals surface area (Å²) in [5, 5.41) is 10.9. The van der Waals surface area contributed by atoms with Gasteiger partial charge in [-0.15, -0.1) is 0 Å². The summed E-state index contributed by atoms with van der Waals surface area (Å²) in [5.41, 5.74) is 0.554. The Balaban J connectivity index is 2.14. The first-order valence-electron chi connectivity index (χ1n) is 5.69. The van der Waals surface area contributed by atoms with Gasteiger partial charge in [0.1, 0.15) is 6.73 Å². The molecule has 0 saturated carbocycles. The van der Waals surface area contributed by atoms with Crippen LogP contribution in [-0.4, -0.2) is 28.6 Å². The molecule has 18 heavy (non-hydrogen) atoms. The number of amides is 1. The molecule has 6 nitrogen and oxygen atoms in total. The van der Waals surface area contributed by atoms with E-state index in [9.17, 15) is 14.9 Å². The second-order valence-electron chi connectivity index (χ2n) is 4.29. The maximum absolute atomic E-state index is 11.8. The fourth-order valence-electron chi connectivity index (χ4n) is 1.89. The zero-order valence-corrected chi connectivity index (χ0v) is 10.0. The number of ether oxygens (including phenoxy) is 1. The molecular formula is C12H14N2O4. The number of nitrogens with zero attached hydrogens (tertiary/aromatic N) is 2. The second kappa shape index (κ2) is 5.14. The fourth-order valence-corrected chi connectivity index (χ4v) is 1.89. The average molecular weight is 250 g/mol. The third kappa shape index (κ3) is 2.65. The van der Waals surface area contributed by atoms with E-state index in [0.717, 1.165) is 0 Å². The molecule has 2 rings (SSSR count). The molecule has 1 aromatic rings. The van der Waals surface area contributed by atoms with Crippen LogP contribution in [-0.2, 0) is 16.1 Å². The molecule has 0 spiro atoms. The molecular weight excluding hydrogens is 236 g/mol. The highest BCUT2D eigenvalue weighted by Crippen LogP contribution is 2.21. The van der Waals surface area contributed by atoms with E-state index >= 15 is 0 Å². The summed E-state index contributed by atoms with van der Waals surface area (Å²) in [7, 11) is 0. The molecule has 0 aromatic heterocycles. The van der Waals surface area contributed by atoms with Gasteiger partial charge in [0.05, 0.1) is 24.0 Å². The van der Waals surface area contributed by atoms with E-state index < -0.39 is 4.92 Å². The van der Waals surface area contributed by atoms with E-state index in [2.05, 4.69) is 0 Å². The molecule has 1 aliphatic rings. The van der Waals surface area contributed by atoms with Crippen molar-refractivity contribution in [1.29, 1.82) is 0 Å². The van der Waals surface area contributed by atoms with E-state index in [0.29, 0.717) is 12.0 Å². The lowest BCUT2D eigenvalue weighted by atomic mass is 10.1. The number of para-hydroxylation sites is 1.